The van der Waals surface area contributed by atoms with E-state index in [4.69, 9.17) is 0 Å². The number of hydrogen-bond acceptors (Lipinski definition) is 2. The van der Waals surface area contributed by atoms with Crippen LogP contribution in [0.2, 0.25) is 0 Å². The van der Waals surface area contributed by atoms with Crippen molar-refractivity contribution in [1.82, 2.24) is 9.97 Å². The molecule has 0 aliphatic carbocycles. The van der Waals surface area contributed by atoms with Crippen molar-refractivity contribution >= 4 is 11.0 Å². The Hall–Kier alpha value is -3.19. The van der Waals surface area contributed by atoms with Crippen molar-refractivity contribution < 1.29 is 22.7 Å². The largest absolute Gasteiger partial charge is 0.392 e. The van der Waals surface area contributed by atoms with Gasteiger partial charge in [-0.3, -0.25) is 0 Å². The number of aromatic nitrogens is 2. The van der Waals surface area contributed by atoms with Gasteiger partial charge in [0.05, 0.1) is 23.2 Å². The molecule has 7 heteroatoms. The van der Waals surface area contributed by atoms with Crippen LogP contribution in [0.15, 0.2) is 48.5 Å². The Morgan fingerprint density at radius 1 is 0.786 bits per heavy atom. The number of aromatic amines is 1. The summed E-state index contributed by atoms with van der Waals surface area (Å²) in [6, 6.07) is 10.3. The van der Waals surface area contributed by atoms with Crippen LogP contribution in [0.1, 0.15) is 16.7 Å². The lowest BCUT2D eigenvalue weighted by molar-refractivity contribution is 0.282. The van der Waals surface area contributed by atoms with Gasteiger partial charge in [-0.15, -0.1) is 0 Å². The highest BCUT2D eigenvalue weighted by Crippen LogP contribution is 2.30. The summed E-state index contributed by atoms with van der Waals surface area (Å²) in [5.74, 6) is -2.98. The average molecular weight is 386 g/mol. The normalized spacial score (nSPS) is 11.3. The van der Waals surface area contributed by atoms with E-state index in [2.05, 4.69) is 9.97 Å². The lowest BCUT2D eigenvalue weighted by atomic mass is 9.98. The monoisotopic (exact) mass is 386 g/mol. The predicted molar refractivity (Wildman–Crippen MR) is 96.5 cm³/mol. The first-order chi connectivity index (χ1) is 13.5. The molecule has 0 aliphatic heterocycles. The van der Waals surface area contributed by atoms with E-state index < -0.39 is 29.9 Å². The Labute approximate surface area is 157 Å². The van der Waals surface area contributed by atoms with Crippen molar-refractivity contribution in [1.29, 1.82) is 0 Å². The van der Waals surface area contributed by atoms with Gasteiger partial charge in [0.15, 0.2) is 0 Å². The first-order valence-electron chi connectivity index (χ1n) is 8.48. The molecule has 0 atom stereocenters. The Kier molecular flexibility index (Phi) is 4.60. The minimum Gasteiger partial charge on any atom is -0.392 e. The molecule has 0 unspecified atom stereocenters. The number of nitrogens with zero attached hydrogens (tertiary/aromatic N) is 1. The molecule has 4 aromatic rings. The maximum absolute atomic E-state index is 14.1. The van der Waals surface area contributed by atoms with Gasteiger partial charge in [-0.2, -0.15) is 0 Å². The quantitative estimate of drug-likeness (QED) is 0.492. The number of nitrogens with one attached hydrogen (secondary N) is 1. The second kappa shape index (κ2) is 7.09. The number of imidazole rings is 1. The third-order valence-electron chi connectivity index (χ3n) is 4.64. The van der Waals surface area contributed by atoms with E-state index in [1.165, 1.54) is 12.1 Å². The Bertz CT molecular complexity index is 1150. The number of H-pyrrole nitrogens is 1. The molecule has 0 aliphatic rings. The van der Waals surface area contributed by atoms with Crippen LogP contribution in [0.25, 0.3) is 22.4 Å². The average Bonchev–Trinajstić information content (AvgIpc) is 3.08. The van der Waals surface area contributed by atoms with E-state index >= 15 is 0 Å². The highest BCUT2D eigenvalue weighted by Gasteiger charge is 2.19. The zero-order valence-corrected chi connectivity index (χ0v) is 14.4. The molecule has 0 saturated carbocycles. The standard InChI is InChI=1S/C21H14F4N2O/c22-14-3-1-4-15(23)12(14)9-11-7-8-18-20(13(11)10-28)27-21(26-18)19-16(24)5-2-6-17(19)25/h1-8,28H,9-10H2,(H,26,27). The topological polar surface area (TPSA) is 48.9 Å². The molecule has 4 rings (SSSR count). The summed E-state index contributed by atoms with van der Waals surface area (Å²) >= 11 is 0. The van der Waals surface area contributed by atoms with Crippen LogP contribution in [0.4, 0.5) is 17.6 Å². The van der Waals surface area contributed by atoms with Crippen LogP contribution < -0.4 is 0 Å². The van der Waals surface area contributed by atoms with Gasteiger partial charge < -0.3 is 10.1 Å². The maximum atomic E-state index is 14.1. The number of benzene rings is 3. The fraction of sp³-hybridized carbons (Fsp3) is 0.0952. The maximum Gasteiger partial charge on any atom is 0.144 e. The number of hydrogen-bond donors (Lipinski definition) is 2. The third-order valence-corrected chi connectivity index (χ3v) is 4.64. The highest BCUT2D eigenvalue weighted by molar-refractivity contribution is 5.83. The number of aliphatic hydroxyl groups is 1. The first-order valence-corrected chi connectivity index (χ1v) is 8.48. The van der Waals surface area contributed by atoms with Crippen LogP contribution in [-0.4, -0.2) is 15.1 Å². The van der Waals surface area contributed by atoms with Crippen molar-refractivity contribution in [3.63, 3.8) is 0 Å². The molecule has 3 aromatic carbocycles. The van der Waals surface area contributed by atoms with Gasteiger partial charge in [-0.1, -0.05) is 18.2 Å². The molecule has 0 amide bonds. The summed E-state index contributed by atoms with van der Waals surface area (Å²) < 4.78 is 56.1. The van der Waals surface area contributed by atoms with E-state index in [0.29, 0.717) is 16.6 Å². The Morgan fingerprint density at radius 3 is 2.00 bits per heavy atom. The second-order valence-electron chi connectivity index (χ2n) is 6.32. The lowest BCUT2D eigenvalue weighted by Gasteiger charge is -2.10. The number of fused-ring (bicyclic) bond motifs is 1. The van der Waals surface area contributed by atoms with Crippen molar-refractivity contribution in [2.75, 3.05) is 0 Å². The molecule has 0 spiro atoms. The third kappa shape index (κ3) is 3.03. The van der Waals surface area contributed by atoms with Crippen LogP contribution in [-0.2, 0) is 13.0 Å². The fourth-order valence-electron chi connectivity index (χ4n) is 3.25. The summed E-state index contributed by atoms with van der Waals surface area (Å²) in [4.78, 5) is 7.07. The number of halogens is 4. The van der Waals surface area contributed by atoms with Crippen LogP contribution in [0.3, 0.4) is 0 Å². The minimum absolute atomic E-state index is 0.0328. The lowest BCUT2D eigenvalue weighted by Crippen LogP contribution is -2.01. The first kappa shape index (κ1) is 18.2. The van der Waals surface area contributed by atoms with Gasteiger partial charge in [0.1, 0.15) is 29.1 Å². The summed E-state index contributed by atoms with van der Waals surface area (Å²) in [6.07, 6.45) is -0.0966. The fourth-order valence-corrected chi connectivity index (χ4v) is 3.25. The Morgan fingerprint density at radius 2 is 1.39 bits per heavy atom. The summed E-state index contributed by atoms with van der Waals surface area (Å²) in [7, 11) is 0. The Balaban J connectivity index is 1.85. The molecule has 3 nitrogen and oxygen atoms in total. The van der Waals surface area contributed by atoms with Crippen LogP contribution in [0, 0.1) is 23.3 Å². The molecule has 0 saturated heterocycles. The van der Waals surface area contributed by atoms with Gasteiger partial charge >= 0.3 is 0 Å². The molecule has 0 bridgehead atoms. The highest BCUT2D eigenvalue weighted by atomic mass is 19.1. The van der Waals surface area contributed by atoms with Gasteiger partial charge in [0.25, 0.3) is 0 Å². The van der Waals surface area contributed by atoms with E-state index in [1.807, 2.05) is 0 Å². The summed E-state index contributed by atoms with van der Waals surface area (Å²) in [5.41, 5.74) is 1.08. The molecule has 0 fully saturated rings. The minimum atomic E-state index is -0.779. The van der Waals surface area contributed by atoms with E-state index in [9.17, 15) is 22.7 Å². The van der Waals surface area contributed by atoms with Crippen LogP contribution >= 0.6 is 0 Å². The number of aliphatic hydroxyl groups excluding tert-OH is 1. The molecule has 0 radical (unpaired) electrons. The predicted octanol–water partition coefficient (Wildman–Crippen LogP) is 4.87. The SMILES string of the molecule is OCc1c(Cc2c(F)cccc2F)ccc2[nH]c(-c3c(F)cccc3F)nc12. The van der Waals surface area contributed by atoms with Crippen molar-refractivity contribution in [3.8, 4) is 11.4 Å². The summed E-state index contributed by atoms with van der Waals surface area (Å²) in [6.45, 7) is -0.452. The van der Waals surface area contributed by atoms with E-state index in [1.54, 1.807) is 12.1 Å². The zero-order chi connectivity index (χ0) is 19.8. The molecule has 2 N–H and O–H groups in total. The number of rotatable bonds is 4. The van der Waals surface area contributed by atoms with Gasteiger partial charge in [-0.25, -0.2) is 22.5 Å². The van der Waals surface area contributed by atoms with Gasteiger partial charge in [0.2, 0.25) is 0 Å². The molecule has 28 heavy (non-hydrogen) atoms. The van der Waals surface area contributed by atoms with Crippen molar-refractivity contribution in [2.24, 2.45) is 0 Å². The molecular weight excluding hydrogens is 372 g/mol. The molecule has 1 heterocycles. The molecular formula is C21H14F4N2O. The van der Waals surface area contributed by atoms with Crippen molar-refractivity contribution in [3.05, 3.63) is 88.5 Å². The smallest absolute Gasteiger partial charge is 0.144 e. The van der Waals surface area contributed by atoms with Crippen LogP contribution in [0.5, 0.6) is 0 Å². The van der Waals surface area contributed by atoms with E-state index in [0.717, 1.165) is 24.3 Å². The second-order valence-corrected chi connectivity index (χ2v) is 6.32. The van der Waals surface area contributed by atoms with Crippen molar-refractivity contribution in [2.45, 2.75) is 13.0 Å². The van der Waals surface area contributed by atoms with E-state index in [-0.39, 0.29) is 28.9 Å². The molecule has 1 aromatic heterocycles. The summed E-state index contributed by atoms with van der Waals surface area (Å²) in [5, 5.41) is 9.83. The van der Waals surface area contributed by atoms with Gasteiger partial charge in [0, 0.05) is 17.5 Å². The van der Waals surface area contributed by atoms with Gasteiger partial charge in [-0.05, 0) is 35.9 Å². The zero-order valence-electron chi connectivity index (χ0n) is 14.4. The molecule has 142 valence electrons.